The molecule has 1 heterocycles. The van der Waals surface area contributed by atoms with Gasteiger partial charge in [0.2, 0.25) is 10.0 Å². The van der Waals surface area contributed by atoms with E-state index in [4.69, 9.17) is 9.47 Å². The van der Waals surface area contributed by atoms with Crippen molar-refractivity contribution in [1.29, 1.82) is 0 Å². The summed E-state index contributed by atoms with van der Waals surface area (Å²) in [6.45, 7) is 1.11. The first-order chi connectivity index (χ1) is 13.0. The van der Waals surface area contributed by atoms with Crippen LogP contribution in [0.2, 0.25) is 0 Å². The van der Waals surface area contributed by atoms with Crippen LogP contribution in [0.1, 0.15) is 23.2 Å². The normalized spacial score (nSPS) is 14.7. The predicted octanol–water partition coefficient (Wildman–Crippen LogP) is 2.74. The van der Waals surface area contributed by atoms with Crippen molar-refractivity contribution >= 4 is 21.6 Å². The van der Waals surface area contributed by atoms with Crippen LogP contribution in [0.3, 0.4) is 0 Å². The van der Waals surface area contributed by atoms with E-state index in [0.29, 0.717) is 35.8 Å². The van der Waals surface area contributed by atoms with Crippen LogP contribution < -0.4 is 14.8 Å². The van der Waals surface area contributed by atoms with Gasteiger partial charge in [-0.05, 0) is 55.3 Å². The molecule has 1 N–H and O–H groups in total. The van der Waals surface area contributed by atoms with Gasteiger partial charge in [-0.15, -0.1) is 0 Å². The molecule has 2 aromatic carbocycles. The lowest BCUT2D eigenvalue weighted by Crippen LogP contribution is -2.27. The van der Waals surface area contributed by atoms with Gasteiger partial charge in [-0.2, -0.15) is 4.31 Å². The van der Waals surface area contributed by atoms with Crippen molar-refractivity contribution in [3.63, 3.8) is 0 Å². The number of nitrogens with zero attached hydrogens (tertiary/aromatic N) is 1. The molecule has 27 heavy (non-hydrogen) atoms. The number of anilines is 1. The largest absolute Gasteiger partial charge is 0.493 e. The fourth-order valence-corrected chi connectivity index (χ4v) is 4.49. The zero-order valence-corrected chi connectivity index (χ0v) is 16.1. The second-order valence-corrected chi connectivity index (χ2v) is 8.10. The van der Waals surface area contributed by atoms with Gasteiger partial charge in [-0.3, -0.25) is 4.79 Å². The van der Waals surface area contributed by atoms with Gasteiger partial charge in [-0.25, -0.2) is 8.42 Å². The average Bonchev–Trinajstić information content (AvgIpc) is 3.23. The summed E-state index contributed by atoms with van der Waals surface area (Å²) < 4.78 is 36.9. The van der Waals surface area contributed by atoms with E-state index in [9.17, 15) is 13.2 Å². The Bertz CT molecular complexity index is 920. The van der Waals surface area contributed by atoms with Crippen LogP contribution in [-0.4, -0.2) is 45.9 Å². The second-order valence-electron chi connectivity index (χ2n) is 6.16. The maximum absolute atomic E-state index is 12.5. The van der Waals surface area contributed by atoms with Gasteiger partial charge in [0.1, 0.15) is 0 Å². The highest BCUT2D eigenvalue weighted by atomic mass is 32.2. The highest BCUT2D eigenvalue weighted by Gasteiger charge is 2.26. The fraction of sp³-hybridized carbons (Fsp3) is 0.316. The van der Waals surface area contributed by atoms with Gasteiger partial charge in [0.15, 0.2) is 11.5 Å². The lowest BCUT2D eigenvalue weighted by Gasteiger charge is -2.15. The molecule has 0 atom stereocenters. The molecule has 1 saturated heterocycles. The molecule has 1 aliphatic rings. The van der Waals surface area contributed by atoms with E-state index in [1.54, 1.807) is 30.3 Å². The van der Waals surface area contributed by atoms with E-state index in [1.807, 2.05) is 0 Å². The predicted molar refractivity (Wildman–Crippen MR) is 102 cm³/mol. The summed E-state index contributed by atoms with van der Waals surface area (Å²) in [5.41, 5.74) is 0.913. The molecule has 0 spiro atoms. The third-order valence-corrected chi connectivity index (χ3v) is 6.37. The molecule has 1 aliphatic heterocycles. The minimum absolute atomic E-state index is 0.230. The summed E-state index contributed by atoms with van der Waals surface area (Å²) in [4.78, 5) is 12.7. The smallest absolute Gasteiger partial charge is 0.255 e. The van der Waals surface area contributed by atoms with E-state index < -0.39 is 10.0 Å². The molecule has 0 unspecified atom stereocenters. The molecular formula is C19H22N2O5S. The van der Waals surface area contributed by atoms with Gasteiger partial charge in [0.05, 0.1) is 19.1 Å². The number of hydrogen-bond acceptors (Lipinski definition) is 5. The maximum Gasteiger partial charge on any atom is 0.255 e. The number of carbonyl (C=O) groups excluding carboxylic acids is 1. The Kier molecular flexibility index (Phi) is 5.67. The molecule has 1 fully saturated rings. The molecule has 144 valence electrons. The van der Waals surface area contributed by atoms with E-state index in [1.165, 1.54) is 30.7 Å². The summed E-state index contributed by atoms with van der Waals surface area (Å²) in [7, 11) is -0.440. The minimum atomic E-state index is -3.46. The SMILES string of the molecule is COc1ccc(C(=O)Nc2ccc(S(=O)(=O)N3CCCC3)cc2)cc1OC. The highest BCUT2D eigenvalue weighted by molar-refractivity contribution is 7.89. The number of amides is 1. The van der Waals surface area contributed by atoms with E-state index in [0.717, 1.165) is 12.8 Å². The molecule has 0 radical (unpaired) electrons. The first-order valence-electron chi connectivity index (χ1n) is 8.59. The Balaban J connectivity index is 1.74. The summed E-state index contributed by atoms with van der Waals surface area (Å²) in [6.07, 6.45) is 1.78. The summed E-state index contributed by atoms with van der Waals surface area (Å²) in [6, 6.07) is 11.1. The number of sulfonamides is 1. The molecule has 7 nitrogen and oxygen atoms in total. The highest BCUT2D eigenvalue weighted by Crippen LogP contribution is 2.28. The van der Waals surface area contributed by atoms with Crippen LogP contribution in [0.5, 0.6) is 11.5 Å². The van der Waals surface area contributed by atoms with Crippen molar-refractivity contribution < 1.29 is 22.7 Å². The number of methoxy groups -OCH3 is 2. The first-order valence-corrected chi connectivity index (χ1v) is 10.0. The van der Waals surface area contributed by atoms with Gasteiger partial charge in [0, 0.05) is 24.3 Å². The number of nitrogens with one attached hydrogen (secondary N) is 1. The molecule has 0 saturated carbocycles. The lowest BCUT2D eigenvalue weighted by atomic mass is 10.2. The molecule has 0 aromatic heterocycles. The average molecular weight is 390 g/mol. The lowest BCUT2D eigenvalue weighted by molar-refractivity contribution is 0.102. The van der Waals surface area contributed by atoms with Crippen molar-refractivity contribution in [2.24, 2.45) is 0 Å². The van der Waals surface area contributed by atoms with Crippen LogP contribution in [0.15, 0.2) is 47.4 Å². The summed E-state index contributed by atoms with van der Waals surface area (Å²) >= 11 is 0. The summed E-state index contributed by atoms with van der Waals surface area (Å²) in [5, 5.41) is 2.75. The minimum Gasteiger partial charge on any atom is -0.493 e. The quantitative estimate of drug-likeness (QED) is 0.820. The monoisotopic (exact) mass is 390 g/mol. The van der Waals surface area contributed by atoms with Crippen LogP contribution in [-0.2, 0) is 10.0 Å². The first kappa shape index (κ1) is 19.2. The van der Waals surface area contributed by atoms with Crippen LogP contribution in [0.4, 0.5) is 5.69 Å². The van der Waals surface area contributed by atoms with Crippen molar-refractivity contribution in [2.45, 2.75) is 17.7 Å². The van der Waals surface area contributed by atoms with E-state index >= 15 is 0 Å². The zero-order chi connectivity index (χ0) is 19.4. The number of hydrogen-bond donors (Lipinski definition) is 1. The molecule has 2 aromatic rings. The molecule has 1 amide bonds. The number of ether oxygens (including phenoxy) is 2. The van der Waals surface area contributed by atoms with E-state index in [2.05, 4.69) is 5.32 Å². The number of rotatable bonds is 6. The Morgan fingerprint density at radius 3 is 2.19 bits per heavy atom. The standard InChI is InChI=1S/C19H22N2O5S/c1-25-17-10-5-14(13-18(17)26-2)19(22)20-15-6-8-16(9-7-15)27(23,24)21-11-3-4-12-21/h5-10,13H,3-4,11-12H2,1-2H3,(H,20,22). The Morgan fingerprint density at radius 2 is 1.59 bits per heavy atom. The Hall–Kier alpha value is -2.58. The Labute approximate surface area is 158 Å². The van der Waals surface area contributed by atoms with Gasteiger partial charge < -0.3 is 14.8 Å². The second kappa shape index (κ2) is 7.98. The third-order valence-electron chi connectivity index (χ3n) is 4.46. The third kappa shape index (κ3) is 4.06. The topological polar surface area (TPSA) is 84.9 Å². The molecule has 0 bridgehead atoms. The van der Waals surface area contributed by atoms with Gasteiger partial charge >= 0.3 is 0 Å². The van der Waals surface area contributed by atoms with Crippen molar-refractivity contribution in [3.8, 4) is 11.5 Å². The number of benzene rings is 2. The van der Waals surface area contributed by atoms with Crippen LogP contribution >= 0.6 is 0 Å². The van der Waals surface area contributed by atoms with Gasteiger partial charge in [-0.1, -0.05) is 0 Å². The van der Waals surface area contributed by atoms with Crippen molar-refractivity contribution in [2.75, 3.05) is 32.6 Å². The zero-order valence-electron chi connectivity index (χ0n) is 15.3. The Morgan fingerprint density at radius 1 is 0.963 bits per heavy atom. The molecule has 0 aliphatic carbocycles. The van der Waals surface area contributed by atoms with E-state index in [-0.39, 0.29) is 10.8 Å². The molecule has 8 heteroatoms. The maximum atomic E-state index is 12.5. The van der Waals surface area contributed by atoms with Gasteiger partial charge in [0.25, 0.3) is 5.91 Å². The summed E-state index contributed by atoms with van der Waals surface area (Å²) in [5.74, 6) is 0.661. The van der Waals surface area contributed by atoms with Crippen molar-refractivity contribution in [3.05, 3.63) is 48.0 Å². The van der Waals surface area contributed by atoms with Crippen molar-refractivity contribution in [1.82, 2.24) is 4.31 Å². The van der Waals surface area contributed by atoms with Crippen LogP contribution in [0.25, 0.3) is 0 Å². The fourth-order valence-electron chi connectivity index (χ4n) is 2.97. The molecule has 3 rings (SSSR count). The molecular weight excluding hydrogens is 368 g/mol. The number of carbonyl (C=O) groups is 1. The van der Waals surface area contributed by atoms with Crippen LogP contribution in [0, 0.1) is 0 Å².